The zero-order chi connectivity index (χ0) is 29.4. The number of aromatic nitrogens is 6. The molecule has 1 amide bonds. The van der Waals surface area contributed by atoms with Crippen LogP contribution in [0.5, 0.6) is 11.5 Å². The number of carbonyl (C=O) groups excluding carboxylic acids is 1. The molecule has 42 heavy (non-hydrogen) atoms. The predicted molar refractivity (Wildman–Crippen MR) is 159 cm³/mol. The Labute approximate surface area is 241 Å². The van der Waals surface area contributed by atoms with Crippen molar-refractivity contribution < 1.29 is 13.9 Å². The molecule has 0 aliphatic carbocycles. The maximum Gasteiger partial charge on any atom is 0.243 e. The van der Waals surface area contributed by atoms with Crippen LogP contribution in [0, 0.1) is 12.7 Å². The Morgan fingerprint density at radius 2 is 2.02 bits per heavy atom. The number of pyridine rings is 1. The van der Waals surface area contributed by atoms with Crippen molar-refractivity contribution in [3.63, 3.8) is 0 Å². The highest BCUT2D eigenvalue weighted by Gasteiger charge is 2.32. The Balaban J connectivity index is 1.25. The lowest BCUT2D eigenvalue weighted by Crippen LogP contribution is -2.56. The van der Waals surface area contributed by atoms with E-state index in [9.17, 15) is 4.79 Å². The molecule has 2 aromatic carbocycles. The number of rotatable bonds is 7. The summed E-state index contributed by atoms with van der Waals surface area (Å²) in [7, 11) is 1.81. The summed E-state index contributed by atoms with van der Waals surface area (Å²) in [5.41, 5.74) is 2.82. The molecule has 5 aromatic rings. The highest BCUT2D eigenvalue weighted by Crippen LogP contribution is 2.34. The summed E-state index contributed by atoms with van der Waals surface area (Å²) in [6, 6.07) is 12.5. The maximum atomic E-state index is 15.6. The van der Waals surface area contributed by atoms with E-state index in [0.717, 1.165) is 30.7 Å². The zero-order valence-electron chi connectivity index (χ0n) is 23.6. The number of ether oxygens (including phenoxy) is 1. The van der Waals surface area contributed by atoms with Gasteiger partial charge >= 0.3 is 0 Å². The van der Waals surface area contributed by atoms with Gasteiger partial charge in [0.2, 0.25) is 5.91 Å². The highest BCUT2D eigenvalue weighted by molar-refractivity contribution is 5.89. The molecule has 0 spiro atoms. The number of piperidine rings is 1. The normalized spacial score (nSPS) is 16.9. The van der Waals surface area contributed by atoms with Gasteiger partial charge in [0.05, 0.1) is 22.3 Å². The van der Waals surface area contributed by atoms with Crippen molar-refractivity contribution in [2.24, 2.45) is 7.05 Å². The number of hydrogen-bond donors (Lipinski definition) is 2. The summed E-state index contributed by atoms with van der Waals surface area (Å²) in [4.78, 5) is 27.7. The number of amides is 1. The number of halogens is 1. The molecule has 6 rings (SSSR count). The monoisotopic (exact) mass is 567 g/mol. The first-order valence-electron chi connectivity index (χ1n) is 13.6. The van der Waals surface area contributed by atoms with E-state index in [0.29, 0.717) is 46.0 Å². The minimum atomic E-state index is -0.472. The smallest absolute Gasteiger partial charge is 0.243 e. The Morgan fingerprint density at radius 1 is 1.17 bits per heavy atom. The first-order valence-corrected chi connectivity index (χ1v) is 13.6. The topological polar surface area (TPSA) is 123 Å². The molecule has 214 valence electrons. The number of carbonyl (C=O) groups is 1. The number of fused-ring (bicyclic) bond motifs is 2. The fourth-order valence-corrected chi connectivity index (χ4v) is 5.30. The molecule has 1 atom stereocenters. The van der Waals surface area contributed by atoms with Gasteiger partial charge in [0.25, 0.3) is 0 Å². The third-order valence-corrected chi connectivity index (χ3v) is 7.50. The Bertz CT molecular complexity index is 1840. The molecule has 0 saturated carbocycles. The van der Waals surface area contributed by atoms with E-state index in [4.69, 9.17) is 9.72 Å². The molecule has 2 N–H and O–H groups in total. The van der Waals surface area contributed by atoms with Crippen LogP contribution in [0.1, 0.15) is 25.3 Å². The van der Waals surface area contributed by atoms with Gasteiger partial charge in [-0.2, -0.15) is 0 Å². The van der Waals surface area contributed by atoms with Gasteiger partial charge in [-0.05, 0) is 69.2 Å². The standard InChI is InChI=1S/C30H30FN9O2/c1-5-26(41)36-30(3)13-6-14-40(16-30)25-12-9-21-28(35-25)29(33-17-32-21)34-20-8-11-24(18(2)27(20)31)42-19-7-10-23-22(15-19)37-38-39(23)4/h5,7-12,15,17H,1,6,13-14,16H2,2-4H3,(H,36,41)(H,32,33,34)/t30-/m1/s1. The Hall–Kier alpha value is -5.13. The van der Waals surface area contributed by atoms with Crippen LogP contribution < -0.4 is 20.3 Å². The Morgan fingerprint density at radius 3 is 2.86 bits per heavy atom. The van der Waals surface area contributed by atoms with Crippen LogP contribution in [-0.4, -0.2) is 54.5 Å². The SMILES string of the molecule is C=CC(=O)N[C@]1(C)CCCN(c2ccc3ncnc(Nc4ccc(Oc5ccc6c(c5)nnn6C)c(C)c4F)c3n2)C1. The summed E-state index contributed by atoms with van der Waals surface area (Å²) in [5.74, 6) is 1.33. The molecule has 11 nitrogen and oxygen atoms in total. The van der Waals surface area contributed by atoms with E-state index in [1.807, 2.05) is 32.2 Å². The van der Waals surface area contributed by atoms with Crippen LogP contribution in [-0.2, 0) is 11.8 Å². The van der Waals surface area contributed by atoms with Crippen molar-refractivity contribution in [1.29, 1.82) is 0 Å². The second-order valence-corrected chi connectivity index (χ2v) is 10.7. The van der Waals surface area contributed by atoms with Gasteiger partial charge in [-0.1, -0.05) is 11.8 Å². The fraction of sp³-hybridized carbons (Fsp3) is 0.267. The minimum Gasteiger partial charge on any atom is -0.457 e. The van der Waals surface area contributed by atoms with Crippen LogP contribution >= 0.6 is 0 Å². The van der Waals surface area contributed by atoms with E-state index in [2.05, 4.69) is 42.4 Å². The van der Waals surface area contributed by atoms with E-state index in [-0.39, 0.29) is 11.6 Å². The second-order valence-electron chi connectivity index (χ2n) is 10.7. The molecular weight excluding hydrogens is 537 g/mol. The molecule has 1 aliphatic heterocycles. The van der Waals surface area contributed by atoms with Crippen LogP contribution in [0.4, 0.5) is 21.7 Å². The van der Waals surface area contributed by atoms with Crippen molar-refractivity contribution >= 4 is 45.3 Å². The van der Waals surface area contributed by atoms with E-state index in [1.54, 1.807) is 35.9 Å². The van der Waals surface area contributed by atoms with Gasteiger partial charge in [-0.3, -0.25) is 4.79 Å². The molecule has 0 unspecified atom stereocenters. The van der Waals surface area contributed by atoms with Crippen molar-refractivity contribution in [1.82, 2.24) is 35.3 Å². The Kier molecular flexibility index (Phi) is 6.89. The maximum absolute atomic E-state index is 15.6. The van der Waals surface area contributed by atoms with Crippen molar-refractivity contribution in [2.75, 3.05) is 23.3 Å². The average molecular weight is 568 g/mol. The molecule has 1 fully saturated rings. The summed E-state index contributed by atoms with van der Waals surface area (Å²) in [5, 5.41) is 14.3. The number of benzene rings is 2. The summed E-state index contributed by atoms with van der Waals surface area (Å²) >= 11 is 0. The summed E-state index contributed by atoms with van der Waals surface area (Å²) in [6.45, 7) is 8.60. The average Bonchev–Trinajstić information content (AvgIpc) is 3.36. The van der Waals surface area contributed by atoms with Gasteiger partial charge in [-0.25, -0.2) is 24.0 Å². The van der Waals surface area contributed by atoms with Crippen molar-refractivity contribution in [3.8, 4) is 11.5 Å². The van der Waals surface area contributed by atoms with E-state index < -0.39 is 11.4 Å². The fourth-order valence-electron chi connectivity index (χ4n) is 5.30. The zero-order valence-corrected chi connectivity index (χ0v) is 23.6. The highest BCUT2D eigenvalue weighted by atomic mass is 19.1. The van der Waals surface area contributed by atoms with Crippen LogP contribution in [0.25, 0.3) is 22.1 Å². The number of aryl methyl sites for hydroxylation is 1. The lowest BCUT2D eigenvalue weighted by Gasteiger charge is -2.41. The lowest BCUT2D eigenvalue weighted by atomic mass is 9.91. The molecule has 12 heteroatoms. The molecule has 0 radical (unpaired) electrons. The minimum absolute atomic E-state index is 0.203. The first kappa shape index (κ1) is 27.1. The molecule has 1 aliphatic rings. The molecule has 0 bridgehead atoms. The van der Waals surface area contributed by atoms with Crippen LogP contribution in [0.3, 0.4) is 0 Å². The largest absolute Gasteiger partial charge is 0.457 e. The van der Waals surface area contributed by atoms with E-state index >= 15 is 4.39 Å². The van der Waals surface area contributed by atoms with Crippen LogP contribution in [0.15, 0.2) is 61.4 Å². The van der Waals surface area contributed by atoms with E-state index in [1.165, 1.54) is 12.4 Å². The van der Waals surface area contributed by atoms with Crippen molar-refractivity contribution in [2.45, 2.75) is 32.2 Å². The summed E-state index contributed by atoms with van der Waals surface area (Å²) in [6.07, 6.45) is 4.43. The number of hydrogen-bond acceptors (Lipinski definition) is 9. The molecular formula is C30H30FN9O2. The second kappa shape index (κ2) is 10.7. The predicted octanol–water partition coefficient (Wildman–Crippen LogP) is 4.95. The number of anilines is 3. The van der Waals surface area contributed by atoms with Crippen LogP contribution in [0.2, 0.25) is 0 Å². The van der Waals surface area contributed by atoms with Gasteiger partial charge in [0, 0.05) is 31.8 Å². The molecule has 4 heterocycles. The lowest BCUT2D eigenvalue weighted by molar-refractivity contribution is -0.118. The van der Waals surface area contributed by atoms with Gasteiger partial charge in [0.1, 0.15) is 34.7 Å². The first-order chi connectivity index (χ1) is 20.2. The third kappa shape index (κ3) is 5.18. The molecule has 3 aromatic heterocycles. The number of nitrogens with zero attached hydrogens (tertiary/aromatic N) is 7. The van der Waals surface area contributed by atoms with Gasteiger partial charge < -0.3 is 20.3 Å². The summed E-state index contributed by atoms with van der Waals surface area (Å²) < 4.78 is 23.3. The third-order valence-electron chi connectivity index (χ3n) is 7.50. The molecule has 1 saturated heterocycles. The number of nitrogens with one attached hydrogen (secondary N) is 2. The quantitative estimate of drug-likeness (QED) is 0.263. The van der Waals surface area contributed by atoms with Gasteiger partial charge in [-0.15, -0.1) is 5.10 Å². The van der Waals surface area contributed by atoms with Crippen molar-refractivity contribution in [3.05, 3.63) is 72.8 Å². The van der Waals surface area contributed by atoms with Gasteiger partial charge in [0.15, 0.2) is 11.6 Å².